The third kappa shape index (κ3) is 0.885. The van der Waals surface area contributed by atoms with Gasteiger partial charge in [-0.1, -0.05) is 31.2 Å². The maximum Gasteiger partial charge on any atom is -0.0114 e. The Morgan fingerprint density at radius 3 is 2.36 bits per heavy atom. The molecule has 0 radical (unpaired) electrons. The molecule has 2 aliphatic rings. The molecule has 0 aliphatic heterocycles. The van der Waals surface area contributed by atoms with Gasteiger partial charge in [-0.25, -0.2) is 0 Å². The predicted molar refractivity (Wildman–Crippen MR) is 48.2 cm³/mol. The Balaban J connectivity index is 2.25. The molecule has 1 saturated carbocycles. The fourth-order valence-corrected chi connectivity index (χ4v) is 2.88. The summed E-state index contributed by atoms with van der Waals surface area (Å²) in [6.07, 6.45) is 6.18. The Morgan fingerprint density at radius 2 is 2.00 bits per heavy atom. The second-order valence-electron chi connectivity index (χ2n) is 4.18. The van der Waals surface area contributed by atoms with Crippen molar-refractivity contribution in [3.8, 4) is 0 Å². The first kappa shape index (κ1) is 7.15. The van der Waals surface area contributed by atoms with Gasteiger partial charge in [-0.15, -0.1) is 0 Å². The minimum atomic E-state index is 0.782. The van der Waals surface area contributed by atoms with Crippen molar-refractivity contribution in [2.24, 2.45) is 23.7 Å². The van der Waals surface area contributed by atoms with Crippen LogP contribution in [0.3, 0.4) is 0 Å². The molecular formula is C11H16. The average Bonchev–Trinajstić information content (AvgIpc) is 2.44. The Hall–Kier alpha value is -0.520. The number of fused-ring (bicyclic) bond motifs is 2. The van der Waals surface area contributed by atoms with Crippen molar-refractivity contribution in [2.75, 3.05) is 0 Å². The maximum absolute atomic E-state index is 4.07. The molecule has 4 unspecified atom stereocenters. The topological polar surface area (TPSA) is 0 Å². The smallest absolute Gasteiger partial charge is 0.0114 e. The van der Waals surface area contributed by atoms with Crippen molar-refractivity contribution in [2.45, 2.75) is 20.3 Å². The fourth-order valence-electron chi connectivity index (χ4n) is 2.88. The van der Waals surface area contributed by atoms with E-state index in [4.69, 9.17) is 0 Å². The molecule has 0 aromatic rings. The molecule has 11 heavy (non-hydrogen) atoms. The van der Waals surface area contributed by atoms with Crippen LogP contribution in [-0.4, -0.2) is 0 Å². The second kappa shape index (κ2) is 2.23. The lowest BCUT2D eigenvalue weighted by molar-refractivity contribution is 0.386. The summed E-state index contributed by atoms with van der Waals surface area (Å²) in [6.45, 7) is 8.62. The fraction of sp³-hybridized carbons (Fsp3) is 0.636. The van der Waals surface area contributed by atoms with E-state index in [-0.39, 0.29) is 0 Å². The third-order valence-corrected chi connectivity index (χ3v) is 3.42. The van der Waals surface area contributed by atoms with Gasteiger partial charge in [0.1, 0.15) is 0 Å². The van der Waals surface area contributed by atoms with Gasteiger partial charge in [0.05, 0.1) is 0 Å². The van der Waals surface area contributed by atoms with E-state index >= 15 is 0 Å². The zero-order valence-corrected chi connectivity index (χ0v) is 7.38. The predicted octanol–water partition coefficient (Wildman–Crippen LogP) is 3.02. The van der Waals surface area contributed by atoms with Crippen LogP contribution in [0, 0.1) is 23.7 Å². The summed E-state index contributed by atoms with van der Waals surface area (Å²) in [6, 6.07) is 0. The minimum Gasteiger partial charge on any atom is -0.0998 e. The molecule has 0 aromatic heterocycles. The van der Waals surface area contributed by atoms with Gasteiger partial charge < -0.3 is 0 Å². The summed E-state index contributed by atoms with van der Waals surface area (Å²) >= 11 is 0. The quantitative estimate of drug-likeness (QED) is 0.501. The lowest BCUT2D eigenvalue weighted by Crippen LogP contribution is -2.16. The highest BCUT2D eigenvalue weighted by molar-refractivity contribution is 5.19. The van der Waals surface area contributed by atoms with Gasteiger partial charge in [0.2, 0.25) is 0 Å². The Labute approximate surface area is 69.0 Å². The molecule has 4 atom stereocenters. The van der Waals surface area contributed by atoms with Crippen LogP contribution in [0.25, 0.3) is 0 Å². The summed E-state index contributed by atoms with van der Waals surface area (Å²) in [7, 11) is 0. The lowest BCUT2D eigenvalue weighted by Gasteiger charge is -2.24. The molecular weight excluding hydrogens is 132 g/mol. The molecule has 0 amide bonds. The Kier molecular flexibility index (Phi) is 1.45. The molecule has 0 nitrogen and oxygen atoms in total. The molecule has 0 heteroatoms. The van der Waals surface area contributed by atoms with Crippen molar-refractivity contribution in [1.29, 1.82) is 0 Å². The molecule has 2 rings (SSSR count). The van der Waals surface area contributed by atoms with Crippen LogP contribution in [0.1, 0.15) is 20.3 Å². The van der Waals surface area contributed by atoms with E-state index in [2.05, 4.69) is 32.6 Å². The molecule has 2 bridgehead atoms. The molecule has 0 saturated heterocycles. The van der Waals surface area contributed by atoms with Crippen LogP contribution in [0.15, 0.2) is 24.3 Å². The monoisotopic (exact) mass is 148 g/mol. The van der Waals surface area contributed by atoms with Crippen molar-refractivity contribution in [1.82, 2.24) is 0 Å². The first-order valence-corrected chi connectivity index (χ1v) is 4.54. The SMILES string of the molecule is C=C(C)C1C2C=CC(C2)C1C. The van der Waals surface area contributed by atoms with Gasteiger partial charge in [-0.3, -0.25) is 0 Å². The van der Waals surface area contributed by atoms with Gasteiger partial charge in [-0.05, 0) is 37.0 Å². The normalized spacial score (nSPS) is 46.7. The van der Waals surface area contributed by atoms with E-state index in [1.54, 1.807) is 0 Å². The highest BCUT2D eigenvalue weighted by atomic mass is 14.5. The zero-order valence-electron chi connectivity index (χ0n) is 7.38. The van der Waals surface area contributed by atoms with Crippen LogP contribution in [0.5, 0.6) is 0 Å². The molecule has 2 aliphatic carbocycles. The summed E-state index contributed by atoms with van der Waals surface area (Å²) in [5.74, 6) is 3.32. The van der Waals surface area contributed by atoms with Crippen LogP contribution >= 0.6 is 0 Å². The number of rotatable bonds is 1. The molecule has 0 N–H and O–H groups in total. The van der Waals surface area contributed by atoms with Gasteiger partial charge in [0.25, 0.3) is 0 Å². The Morgan fingerprint density at radius 1 is 1.36 bits per heavy atom. The minimum absolute atomic E-state index is 0.782. The van der Waals surface area contributed by atoms with Crippen molar-refractivity contribution < 1.29 is 0 Å². The van der Waals surface area contributed by atoms with E-state index in [1.807, 2.05) is 0 Å². The third-order valence-electron chi connectivity index (χ3n) is 3.42. The molecule has 0 spiro atoms. The van der Waals surface area contributed by atoms with Crippen molar-refractivity contribution >= 4 is 0 Å². The van der Waals surface area contributed by atoms with E-state index in [9.17, 15) is 0 Å². The molecule has 0 heterocycles. The lowest BCUT2D eigenvalue weighted by atomic mass is 9.80. The van der Waals surface area contributed by atoms with Crippen molar-refractivity contribution in [3.63, 3.8) is 0 Å². The van der Waals surface area contributed by atoms with E-state index in [0.29, 0.717) is 0 Å². The first-order valence-electron chi connectivity index (χ1n) is 4.54. The van der Waals surface area contributed by atoms with Gasteiger partial charge in [-0.2, -0.15) is 0 Å². The van der Waals surface area contributed by atoms with Crippen LogP contribution < -0.4 is 0 Å². The zero-order chi connectivity index (χ0) is 8.01. The largest absolute Gasteiger partial charge is 0.0998 e. The number of hydrogen-bond acceptors (Lipinski definition) is 0. The highest BCUT2D eigenvalue weighted by Crippen LogP contribution is 2.50. The van der Waals surface area contributed by atoms with Gasteiger partial charge >= 0.3 is 0 Å². The number of hydrogen-bond donors (Lipinski definition) is 0. The molecule has 0 aromatic carbocycles. The van der Waals surface area contributed by atoms with Gasteiger partial charge in [0.15, 0.2) is 0 Å². The van der Waals surface area contributed by atoms with Crippen LogP contribution in [-0.2, 0) is 0 Å². The average molecular weight is 148 g/mol. The summed E-state index contributed by atoms with van der Waals surface area (Å²) < 4.78 is 0. The van der Waals surface area contributed by atoms with Crippen LogP contribution in [0.2, 0.25) is 0 Å². The molecule has 60 valence electrons. The van der Waals surface area contributed by atoms with Crippen LogP contribution in [0.4, 0.5) is 0 Å². The van der Waals surface area contributed by atoms with Crippen molar-refractivity contribution in [3.05, 3.63) is 24.3 Å². The first-order chi connectivity index (χ1) is 5.20. The molecule has 1 fully saturated rings. The highest BCUT2D eigenvalue weighted by Gasteiger charge is 2.41. The standard InChI is InChI=1S/C11H16/c1-7(2)11-8(3)9-4-5-10(11)6-9/h4-5,8-11H,1,6H2,2-3H3. The summed E-state index contributed by atoms with van der Waals surface area (Å²) in [5.41, 5.74) is 1.38. The van der Waals surface area contributed by atoms with E-state index < -0.39 is 0 Å². The van der Waals surface area contributed by atoms with E-state index in [1.165, 1.54) is 12.0 Å². The van der Waals surface area contributed by atoms with E-state index in [0.717, 1.165) is 23.7 Å². The summed E-state index contributed by atoms with van der Waals surface area (Å²) in [5, 5.41) is 0. The summed E-state index contributed by atoms with van der Waals surface area (Å²) in [4.78, 5) is 0. The second-order valence-corrected chi connectivity index (χ2v) is 4.18. The Bertz CT molecular complexity index is 212. The maximum atomic E-state index is 4.07. The van der Waals surface area contributed by atoms with Gasteiger partial charge in [0, 0.05) is 0 Å². The number of allylic oxidation sites excluding steroid dienone is 3.